The van der Waals surface area contributed by atoms with Crippen molar-refractivity contribution in [2.24, 2.45) is 0 Å². The molecular formula is C37H36N4O7S. The molecule has 4 aromatic carbocycles. The summed E-state index contributed by atoms with van der Waals surface area (Å²) in [4.78, 5) is 41.4. The van der Waals surface area contributed by atoms with Gasteiger partial charge in [0.25, 0.3) is 5.91 Å². The molecule has 0 saturated carbocycles. The molecule has 1 heterocycles. The van der Waals surface area contributed by atoms with Crippen LogP contribution in [0.25, 0.3) is 0 Å². The van der Waals surface area contributed by atoms with Crippen molar-refractivity contribution in [3.63, 3.8) is 0 Å². The van der Waals surface area contributed by atoms with Crippen LogP contribution in [-0.2, 0) is 21.4 Å². The summed E-state index contributed by atoms with van der Waals surface area (Å²) in [6.07, 6.45) is 1.53. The van der Waals surface area contributed by atoms with Crippen LogP contribution in [0.5, 0.6) is 5.75 Å². The van der Waals surface area contributed by atoms with Crippen molar-refractivity contribution in [2.75, 3.05) is 31.6 Å². The number of nitriles is 1. The summed E-state index contributed by atoms with van der Waals surface area (Å²) >= 11 is 0. The van der Waals surface area contributed by atoms with E-state index in [4.69, 9.17) is 5.26 Å². The first kappa shape index (κ1) is 34.8. The van der Waals surface area contributed by atoms with Gasteiger partial charge in [0.15, 0.2) is 0 Å². The molecule has 1 saturated heterocycles. The smallest absolute Gasteiger partial charge is 0.339 e. The predicted octanol–water partition coefficient (Wildman–Crippen LogP) is 5.14. The molecular weight excluding hydrogens is 644 g/mol. The van der Waals surface area contributed by atoms with Gasteiger partial charge in [0.05, 0.1) is 29.6 Å². The van der Waals surface area contributed by atoms with Gasteiger partial charge in [0.2, 0.25) is 15.9 Å². The minimum absolute atomic E-state index is 0.0287. The fraction of sp³-hybridized carbons (Fsp3) is 0.243. The minimum Gasteiger partial charge on any atom is -0.507 e. The van der Waals surface area contributed by atoms with E-state index in [0.717, 1.165) is 33.8 Å². The van der Waals surface area contributed by atoms with E-state index in [1.807, 2.05) is 36.1 Å². The number of anilines is 1. The molecule has 12 heteroatoms. The van der Waals surface area contributed by atoms with E-state index in [1.165, 1.54) is 42.3 Å². The quantitative estimate of drug-likeness (QED) is 0.233. The fourth-order valence-electron chi connectivity index (χ4n) is 5.81. The summed E-state index contributed by atoms with van der Waals surface area (Å²) in [5, 5.41) is 28.8. The van der Waals surface area contributed by atoms with Crippen molar-refractivity contribution < 1.29 is 33.0 Å². The fourth-order valence-corrected chi connectivity index (χ4v) is 6.93. The van der Waals surface area contributed by atoms with Gasteiger partial charge in [0, 0.05) is 37.5 Å². The highest BCUT2D eigenvalue weighted by atomic mass is 32.2. The normalized spacial score (nSPS) is 13.6. The maximum Gasteiger partial charge on any atom is 0.339 e. The van der Waals surface area contributed by atoms with Crippen molar-refractivity contribution in [1.29, 1.82) is 5.26 Å². The highest BCUT2D eigenvalue weighted by molar-refractivity contribution is 7.89. The van der Waals surface area contributed by atoms with Gasteiger partial charge in [0.1, 0.15) is 11.3 Å². The average molecular weight is 681 g/mol. The van der Waals surface area contributed by atoms with Crippen LogP contribution in [0, 0.1) is 18.3 Å². The van der Waals surface area contributed by atoms with E-state index in [9.17, 15) is 33.0 Å². The molecule has 2 N–H and O–H groups in total. The largest absolute Gasteiger partial charge is 0.507 e. The number of rotatable bonds is 10. The zero-order chi connectivity index (χ0) is 35.3. The molecule has 1 aliphatic heterocycles. The van der Waals surface area contributed by atoms with Crippen LogP contribution in [0.15, 0.2) is 95.9 Å². The Morgan fingerprint density at radius 3 is 2.12 bits per heavy atom. The monoisotopic (exact) mass is 680 g/mol. The number of hydrogen-bond donors (Lipinski definition) is 2. The number of aromatic carboxylic acids is 1. The van der Waals surface area contributed by atoms with Crippen LogP contribution in [0.4, 0.5) is 5.69 Å². The lowest BCUT2D eigenvalue weighted by Crippen LogP contribution is -2.41. The van der Waals surface area contributed by atoms with E-state index in [0.29, 0.717) is 24.2 Å². The maximum absolute atomic E-state index is 13.7. The lowest BCUT2D eigenvalue weighted by Gasteiger charge is -2.32. The molecule has 0 bridgehead atoms. The number of carbonyl (C=O) groups is 3. The molecule has 4 aromatic rings. The van der Waals surface area contributed by atoms with Crippen LogP contribution < -0.4 is 4.90 Å². The number of likely N-dealkylation sites (tertiary alicyclic amines) is 1. The molecule has 1 fully saturated rings. The lowest BCUT2D eigenvalue weighted by atomic mass is 9.88. The molecule has 0 spiro atoms. The Morgan fingerprint density at radius 2 is 1.55 bits per heavy atom. The third kappa shape index (κ3) is 7.97. The molecule has 0 unspecified atom stereocenters. The number of carboxylic acids is 1. The Bertz CT molecular complexity index is 2000. The molecule has 0 atom stereocenters. The second-order valence-electron chi connectivity index (χ2n) is 12.1. The number of phenols is 1. The third-order valence-corrected chi connectivity index (χ3v) is 10.6. The van der Waals surface area contributed by atoms with Gasteiger partial charge in [-0.2, -0.15) is 9.57 Å². The number of nitrogens with zero attached hydrogens (tertiary/aromatic N) is 4. The maximum atomic E-state index is 13.7. The van der Waals surface area contributed by atoms with Gasteiger partial charge in [-0.25, -0.2) is 13.2 Å². The Hall–Kier alpha value is -5.51. The molecule has 5 rings (SSSR count). The van der Waals surface area contributed by atoms with Gasteiger partial charge in [-0.05, 0) is 85.3 Å². The highest BCUT2D eigenvalue weighted by Gasteiger charge is 2.28. The number of carbonyl (C=O) groups excluding carboxylic acids is 2. The number of aromatic hydroxyl groups is 1. The van der Waals surface area contributed by atoms with Crippen LogP contribution in [0.3, 0.4) is 0 Å². The molecule has 252 valence electrons. The number of benzene rings is 4. The predicted molar refractivity (Wildman–Crippen MR) is 183 cm³/mol. The van der Waals surface area contributed by atoms with Crippen molar-refractivity contribution in [3.05, 3.63) is 124 Å². The highest BCUT2D eigenvalue weighted by Crippen LogP contribution is 2.31. The molecule has 0 aliphatic carbocycles. The number of piperidine rings is 1. The standard InChI is InChI=1S/C37H36N4O7S/c1-25-3-14-32(15-4-25)49(47,48)39(2)24-35(43)41(31-13-16-33(37(45)46)34(42)21-31)23-27-7-9-28(10-8-27)29-17-19-40(20-18-29)36(44)30-11-5-26(22-38)6-12-30/h3-16,21,29,42H,17-20,23-24H2,1-2H3,(H,45,46). The lowest BCUT2D eigenvalue weighted by molar-refractivity contribution is -0.118. The van der Waals surface area contributed by atoms with Crippen LogP contribution in [0.1, 0.15) is 61.7 Å². The second-order valence-corrected chi connectivity index (χ2v) is 14.1. The Morgan fingerprint density at radius 1 is 0.918 bits per heavy atom. The topological polar surface area (TPSA) is 159 Å². The first-order chi connectivity index (χ1) is 23.4. The zero-order valence-electron chi connectivity index (χ0n) is 27.1. The number of aryl methyl sites for hydroxylation is 1. The summed E-state index contributed by atoms with van der Waals surface area (Å²) in [5.41, 5.74) is 3.63. The van der Waals surface area contributed by atoms with E-state index in [-0.39, 0.29) is 34.5 Å². The van der Waals surface area contributed by atoms with Crippen LogP contribution in [0.2, 0.25) is 0 Å². The first-order valence-electron chi connectivity index (χ1n) is 15.7. The van der Waals surface area contributed by atoms with E-state index >= 15 is 0 Å². The summed E-state index contributed by atoms with van der Waals surface area (Å²) in [5.74, 6) is -2.28. The van der Waals surface area contributed by atoms with Crippen molar-refractivity contribution in [2.45, 2.75) is 37.1 Å². The van der Waals surface area contributed by atoms with Gasteiger partial charge < -0.3 is 20.0 Å². The minimum atomic E-state index is -3.99. The van der Waals surface area contributed by atoms with Crippen molar-refractivity contribution in [1.82, 2.24) is 9.21 Å². The summed E-state index contributed by atoms with van der Waals surface area (Å²) in [6, 6.07) is 26.4. The Labute approximate surface area is 285 Å². The molecule has 49 heavy (non-hydrogen) atoms. The number of amides is 2. The molecule has 11 nitrogen and oxygen atoms in total. The summed E-state index contributed by atoms with van der Waals surface area (Å²) in [7, 11) is -2.68. The Kier molecular flexibility index (Phi) is 10.5. The molecule has 2 amide bonds. The first-order valence-corrected chi connectivity index (χ1v) is 17.1. The zero-order valence-corrected chi connectivity index (χ0v) is 27.9. The number of likely N-dealkylation sites (N-methyl/N-ethyl adjacent to an activating group) is 1. The summed E-state index contributed by atoms with van der Waals surface area (Å²) < 4.78 is 27.4. The van der Waals surface area contributed by atoms with Crippen molar-refractivity contribution in [3.8, 4) is 11.8 Å². The number of hydrogen-bond acceptors (Lipinski definition) is 7. The SMILES string of the molecule is Cc1ccc(S(=O)(=O)N(C)CC(=O)N(Cc2ccc(C3CCN(C(=O)c4ccc(C#N)cc4)CC3)cc2)c2ccc(C(=O)O)c(O)c2)cc1. The van der Waals surface area contributed by atoms with E-state index in [2.05, 4.69) is 6.07 Å². The summed E-state index contributed by atoms with van der Waals surface area (Å²) in [6.45, 7) is 2.53. The van der Waals surface area contributed by atoms with Gasteiger partial charge in [-0.15, -0.1) is 0 Å². The molecule has 0 aromatic heterocycles. The van der Waals surface area contributed by atoms with Crippen molar-refractivity contribution >= 4 is 33.5 Å². The number of carboxylic acid groups (broad SMARTS) is 1. The second kappa shape index (κ2) is 14.7. The van der Waals surface area contributed by atoms with Gasteiger partial charge >= 0.3 is 5.97 Å². The number of sulfonamides is 1. The molecule has 0 radical (unpaired) electrons. The molecule has 1 aliphatic rings. The van der Waals surface area contributed by atoms with Crippen LogP contribution in [-0.4, -0.2) is 72.3 Å². The third-order valence-electron chi connectivity index (χ3n) is 8.75. The van der Waals surface area contributed by atoms with E-state index < -0.39 is 34.2 Å². The van der Waals surface area contributed by atoms with Gasteiger partial charge in [-0.3, -0.25) is 9.59 Å². The van der Waals surface area contributed by atoms with Gasteiger partial charge in [-0.1, -0.05) is 42.0 Å². The Balaban J connectivity index is 1.30. The van der Waals surface area contributed by atoms with Crippen LogP contribution >= 0.6 is 0 Å². The van der Waals surface area contributed by atoms with E-state index in [1.54, 1.807) is 36.4 Å². The average Bonchev–Trinajstić information content (AvgIpc) is 3.10.